The molecule has 0 aliphatic carbocycles. The van der Waals surface area contributed by atoms with Gasteiger partial charge in [0.25, 0.3) is 11.8 Å². The minimum Gasteiger partial charge on any atom is -0.457 e. The van der Waals surface area contributed by atoms with Crippen molar-refractivity contribution in [1.29, 1.82) is 0 Å². The highest BCUT2D eigenvalue weighted by Gasteiger charge is 2.38. The van der Waals surface area contributed by atoms with Crippen molar-refractivity contribution in [2.45, 2.75) is 0 Å². The molecule has 0 fully saturated rings. The maximum atomic E-state index is 12.8. The Kier molecular flexibility index (Phi) is 5.38. The van der Waals surface area contributed by atoms with Gasteiger partial charge in [-0.3, -0.25) is 9.59 Å². The van der Waals surface area contributed by atoms with Gasteiger partial charge < -0.3 is 10.1 Å². The van der Waals surface area contributed by atoms with E-state index in [4.69, 9.17) is 16.3 Å². The lowest BCUT2D eigenvalue weighted by molar-refractivity contribution is -0.120. The van der Waals surface area contributed by atoms with Crippen molar-refractivity contribution in [2.24, 2.45) is 0 Å². The third kappa shape index (κ3) is 4.04. The quantitative estimate of drug-likeness (QED) is 0.489. The minimum atomic E-state index is -0.564. The number of para-hydroxylation sites is 1. The predicted octanol–water partition coefficient (Wildman–Crippen LogP) is 5.68. The molecule has 144 valence electrons. The predicted molar refractivity (Wildman–Crippen MR) is 116 cm³/mol. The fraction of sp³-hybridized carbons (Fsp3) is 0. The number of carbonyl (C=O) groups is 2. The number of carbonyl (C=O) groups excluding carboxylic acids is 2. The lowest BCUT2D eigenvalue weighted by Gasteiger charge is -2.15. The summed E-state index contributed by atoms with van der Waals surface area (Å²) in [5, 5.41) is 2.79. The minimum absolute atomic E-state index is 0.0383. The van der Waals surface area contributed by atoms with Crippen molar-refractivity contribution in [3.05, 3.63) is 94.1 Å². The largest absolute Gasteiger partial charge is 0.457 e. The Balaban J connectivity index is 1.50. The molecule has 0 radical (unpaired) electrons. The highest BCUT2D eigenvalue weighted by Crippen LogP contribution is 2.31. The molecular weight excluding hydrogens is 456 g/mol. The molecule has 1 aliphatic heterocycles. The van der Waals surface area contributed by atoms with Crippen molar-refractivity contribution in [2.75, 3.05) is 10.2 Å². The van der Waals surface area contributed by atoms with Crippen LogP contribution in [0.2, 0.25) is 0 Å². The van der Waals surface area contributed by atoms with Gasteiger partial charge in [0.15, 0.2) is 0 Å². The average molecular weight is 470 g/mol. The van der Waals surface area contributed by atoms with E-state index < -0.39 is 11.8 Å². The number of anilines is 2. The standard InChI is InChI=1S/C22H14BrClN2O3/c23-14-6-10-16(11-7-14)26-21(27)19(24)20(22(26)28)25-15-8-12-18(13-9-15)29-17-4-2-1-3-5-17/h1-13,25H. The van der Waals surface area contributed by atoms with E-state index in [1.807, 2.05) is 30.3 Å². The van der Waals surface area contributed by atoms with Crippen molar-refractivity contribution in [3.63, 3.8) is 0 Å². The summed E-state index contributed by atoms with van der Waals surface area (Å²) in [5.41, 5.74) is 1.10. The van der Waals surface area contributed by atoms with Crippen LogP contribution in [0.3, 0.4) is 0 Å². The summed E-state index contributed by atoms with van der Waals surface area (Å²) < 4.78 is 6.59. The van der Waals surface area contributed by atoms with Gasteiger partial charge in [-0.1, -0.05) is 45.7 Å². The molecule has 1 heterocycles. The monoisotopic (exact) mass is 468 g/mol. The second-order valence-corrected chi connectivity index (χ2v) is 7.47. The van der Waals surface area contributed by atoms with Crippen molar-refractivity contribution < 1.29 is 14.3 Å². The number of hydrogen-bond donors (Lipinski definition) is 1. The maximum Gasteiger partial charge on any atom is 0.283 e. The molecule has 3 aromatic rings. The number of imide groups is 1. The van der Waals surface area contributed by atoms with Crippen LogP contribution in [0.5, 0.6) is 11.5 Å². The van der Waals surface area contributed by atoms with Crippen LogP contribution in [0.4, 0.5) is 11.4 Å². The number of amides is 2. The Morgan fingerprint density at radius 1 is 0.793 bits per heavy atom. The number of nitrogens with one attached hydrogen (secondary N) is 1. The van der Waals surface area contributed by atoms with Crippen LogP contribution in [0.25, 0.3) is 0 Å². The van der Waals surface area contributed by atoms with Gasteiger partial charge >= 0.3 is 0 Å². The lowest BCUT2D eigenvalue weighted by atomic mass is 10.2. The Labute approximate surface area is 180 Å². The Morgan fingerprint density at radius 2 is 1.41 bits per heavy atom. The molecule has 0 atom stereocenters. The number of nitrogens with zero attached hydrogens (tertiary/aromatic N) is 1. The second-order valence-electron chi connectivity index (χ2n) is 6.18. The first kappa shape index (κ1) is 19.2. The summed E-state index contributed by atoms with van der Waals surface area (Å²) in [4.78, 5) is 26.3. The Morgan fingerprint density at radius 3 is 2.07 bits per heavy atom. The summed E-state index contributed by atoms with van der Waals surface area (Å²) in [6.07, 6.45) is 0. The topological polar surface area (TPSA) is 58.6 Å². The van der Waals surface area contributed by atoms with E-state index in [2.05, 4.69) is 21.2 Å². The molecule has 29 heavy (non-hydrogen) atoms. The first-order chi connectivity index (χ1) is 14.0. The molecule has 0 aromatic heterocycles. The average Bonchev–Trinajstić information content (AvgIpc) is 2.94. The van der Waals surface area contributed by atoms with Crippen LogP contribution in [0.1, 0.15) is 0 Å². The molecule has 0 saturated carbocycles. The SMILES string of the molecule is O=C1C(Cl)=C(Nc2ccc(Oc3ccccc3)cc2)C(=O)N1c1ccc(Br)cc1. The molecule has 2 amide bonds. The van der Waals surface area contributed by atoms with E-state index in [-0.39, 0.29) is 10.7 Å². The molecule has 3 aromatic carbocycles. The summed E-state index contributed by atoms with van der Waals surface area (Å²) in [7, 11) is 0. The fourth-order valence-electron chi connectivity index (χ4n) is 2.81. The van der Waals surface area contributed by atoms with Crippen LogP contribution in [0, 0.1) is 0 Å². The zero-order chi connectivity index (χ0) is 20.4. The Hall–Kier alpha value is -3.09. The van der Waals surface area contributed by atoms with Crippen LogP contribution >= 0.6 is 27.5 Å². The smallest absolute Gasteiger partial charge is 0.283 e. The highest BCUT2D eigenvalue weighted by molar-refractivity contribution is 9.10. The second kappa shape index (κ2) is 8.11. The number of halogens is 2. The normalized spacial score (nSPS) is 13.8. The number of rotatable bonds is 5. The summed E-state index contributed by atoms with van der Waals surface area (Å²) in [6, 6.07) is 23.3. The zero-order valence-corrected chi connectivity index (χ0v) is 17.3. The lowest BCUT2D eigenvalue weighted by Crippen LogP contribution is -2.32. The molecule has 7 heteroatoms. The molecular formula is C22H14BrClN2O3. The number of hydrogen-bond acceptors (Lipinski definition) is 4. The van der Waals surface area contributed by atoms with E-state index in [0.717, 1.165) is 15.1 Å². The molecule has 1 aliphatic rings. The molecule has 0 unspecified atom stereocenters. The molecule has 0 saturated heterocycles. The molecule has 4 rings (SSSR count). The van der Waals surface area contributed by atoms with Gasteiger partial charge in [-0.05, 0) is 60.7 Å². The summed E-state index contributed by atoms with van der Waals surface area (Å²) in [5.74, 6) is 0.297. The van der Waals surface area contributed by atoms with Crippen LogP contribution in [-0.2, 0) is 9.59 Å². The van der Waals surface area contributed by atoms with Gasteiger partial charge in [0.2, 0.25) is 0 Å². The molecule has 1 N–H and O–H groups in total. The molecule has 0 bridgehead atoms. The first-order valence-corrected chi connectivity index (χ1v) is 9.84. The van der Waals surface area contributed by atoms with E-state index >= 15 is 0 Å². The van der Waals surface area contributed by atoms with Gasteiger partial charge in [-0.2, -0.15) is 0 Å². The van der Waals surface area contributed by atoms with Gasteiger partial charge in [0, 0.05) is 10.2 Å². The zero-order valence-electron chi connectivity index (χ0n) is 14.9. The Bertz CT molecular complexity index is 1100. The maximum absolute atomic E-state index is 12.8. The molecule has 5 nitrogen and oxygen atoms in total. The highest BCUT2D eigenvalue weighted by atomic mass is 79.9. The number of benzene rings is 3. The van der Waals surface area contributed by atoms with Crippen molar-refractivity contribution >= 4 is 50.7 Å². The molecule has 0 spiro atoms. The summed E-state index contributed by atoms with van der Waals surface area (Å²) in [6.45, 7) is 0. The third-order valence-corrected chi connectivity index (χ3v) is 5.09. The van der Waals surface area contributed by atoms with Crippen LogP contribution in [-0.4, -0.2) is 11.8 Å². The van der Waals surface area contributed by atoms with E-state index in [1.54, 1.807) is 48.5 Å². The van der Waals surface area contributed by atoms with Crippen molar-refractivity contribution in [3.8, 4) is 11.5 Å². The number of ether oxygens (including phenoxy) is 1. The van der Waals surface area contributed by atoms with Crippen LogP contribution < -0.4 is 15.0 Å². The van der Waals surface area contributed by atoms with E-state index in [9.17, 15) is 9.59 Å². The first-order valence-electron chi connectivity index (χ1n) is 8.67. The van der Waals surface area contributed by atoms with Crippen LogP contribution in [0.15, 0.2) is 94.1 Å². The van der Waals surface area contributed by atoms with E-state index in [1.165, 1.54) is 0 Å². The van der Waals surface area contributed by atoms with Crippen molar-refractivity contribution in [1.82, 2.24) is 0 Å². The van der Waals surface area contributed by atoms with E-state index in [0.29, 0.717) is 17.1 Å². The third-order valence-electron chi connectivity index (χ3n) is 4.21. The van der Waals surface area contributed by atoms with Gasteiger partial charge in [0.1, 0.15) is 22.2 Å². The fourth-order valence-corrected chi connectivity index (χ4v) is 3.29. The van der Waals surface area contributed by atoms with Gasteiger partial charge in [-0.15, -0.1) is 0 Å². The van der Waals surface area contributed by atoms with Gasteiger partial charge in [-0.25, -0.2) is 4.90 Å². The van der Waals surface area contributed by atoms with Gasteiger partial charge in [0.05, 0.1) is 5.69 Å². The summed E-state index contributed by atoms with van der Waals surface area (Å²) >= 11 is 9.49.